The van der Waals surface area contributed by atoms with E-state index in [9.17, 15) is 0 Å². The van der Waals surface area contributed by atoms with E-state index in [2.05, 4.69) is 15.1 Å². The Morgan fingerprint density at radius 2 is 1.85 bits per heavy atom. The van der Waals surface area contributed by atoms with Crippen LogP contribution in [0.3, 0.4) is 0 Å². The van der Waals surface area contributed by atoms with Crippen LogP contribution in [-0.2, 0) is 0 Å². The summed E-state index contributed by atoms with van der Waals surface area (Å²) >= 11 is 0. The lowest BCUT2D eigenvalue weighted by Crippen LogP contribution is -2.03. The lowest BCUT2D eigenvalue weighted by Gasteiger charge is -2.01. The maximum atomic E-state index is 4.27. The fourth-order valence-electron chi connectivity index (χ4n) is 1.20. The van der Waals surface area contributed by atoms with Gasteiger partial charge in [0.25, 0.3) is 5.95 Å². The van der Waals surface area contributed by atoms with Crippen molar-refractivity contribution in [2.75, 3.05) is 0 Å². The van der Waals surface area contributed by atoms with Gasteiger partial charge in [0, 0.05) is 23.8 Å². The van der Waals surface area contributed by atoms with Crippen molar-refractivity contribution >= 4 is 0 Å². The summed E-state index contributed by atoms with van der Waals surface area (Å²) in [6.07, 6.45) is 3.54. The Morgan fingerprint density at radius 1 is 1.15 bits per heavy atom. The van der Waals surface area contributed by atoms with Gasteiger partial charge in [-0.15, -0.1) is 0 Å². The monoisotopic (exact) mass is 174 g/mol. The molecule has 66 valence electrons. The van der Waals surface area contributed by atoms with E-state index in [0.717, 1.165) is 11.4 Å². The van der Waals surface area contributed by atoms with Gasteiger partial charge in [-0.05, 0) is 26.0 Å². The van der Waals surface area contributed by atoms with Gasteiger partial charge in [-0.1, -0.05) is 0 Å². The highest BCUT2D eigenvalue weighted by Crippen LogP contribution is 2.02. The van der Waals surface area contributed by atoms with Gasteiger partial charge in [0.2, 0.25) is 0 Å². The van der Waals surface area contributed by atoms with Crippen molar-refractivity contribution in [1.82, 2.24) is 19.7 Å². The molecule has 13 heavy (non-hydrogen) atoms. The summed E-state index contributed by atoms with van der Waals surface area (Å²) in [6, 6.07) is 3.79. The highest BCUT2D eigenvalue weighted by atomic mass is 15.3. The highest BCUT2D eigenvalue weighted by Gasteiger charge is 2.00. The molecule has 0 saturated heterocycles. The van der Waals surface area contributed by atoms with E-state index in [1.165, 1.54) is 0 Å². The Labute approximate surface area is 76.3 Å². The van der Waals surface area contributed by atoms with Crippen molar-refractivity contribution in [3.63, 3.8) is 0 Å². The van der Waals surface area contributed by atoms with Crippen molar-refractivity contribution in [3.05, 3.63) is 35.9 Å². The van der Waals surface area contributed by atoms with Crippen LogP contribution in [0.5, 0.6) is 0 Å². The molecule has 0 fully saturated rings. The smallest absolute Gasteiger partial charge is 0.216 e. The molecule has 2 aromatic heterocycles. The Morgan fingerprint density at radius 3 is 2.38 bits per heavy atom. The van der Waals surface area contributed by atoms with Crippen LogP contribution < -0.4 is 0 Å². The summed E-state index contributed by atoms with van der Waals surface area (Å²) in [7, 11) is 0. The second-order valence-corrected chi connectivity index (χ2v) is 2.90. The molecule has 0 atom stereocenters. The second-order valence-electron chi connectivity index (χ2n) is 2.90. The van der Waals surface area contributed by atoms with E-state index in [0.29, 0.717) is 5.95 Å². The number of nitrogens with zero attached hydrogens (tertiary/aromatic N) is 4. The number of aryl methyl sites for hydroxylation is 2. The van der Waals surface area contributed by atoms with Gasteiger partial charge in [0.1, 0.15) is 0 Å². The minimum atomic E-state index is 0.627. The first-order valence-electron chi connectivity index (χ1n) is 4.08. The summed E-state index contributed by atoms with van der Waals surface area (Å²) in [5.41, 5.74) is 1.91. The van der Waals surface area contributed by atoms with E-state index in [1.807, 2.05) is 32.2 Å². The summed E-state index contributed by atoms with van der Waals surface area (Å²) in [6.45, 7) is 3.89. The van der Waals surface area contributed by atoms with Crippen molar-refractivity contribution in [3.8, 4) is 5.95 Å². The van der Waals surface area contributed by atoms with E-state index in [4.69, 9.17) is 0 Å². The molecule has 4 nitrogen and oxygen atoms in total. The zero-order valence-electron chi connectivity index (χ0n) is 7.60. The van der Waals surface area contributed by atoms with Crippen LogP contribution >= 0.6 is 0 Å². The predicted octanol–water partition coefficient (Wildman–Crippen LogP) is 1.28. The van der Waals surface area contributed by atoms with Crippen molar-refractivity contribution in [2.45, 2.75) is 13.8 Å². The number of hydrogen-bond donors (Lipinski definition) is 0. The van der Waals surface area contributed by atoms with Gasteiger partial charge in [0.05, 0.1) is 0 Å². The molecular formula is C9H10N4. The fourth-order valence-corrected chi connectivity index (χ4v) is 1.20. The summed E-state index contributed by atoms with van der Waals surface area (Å²) in [5.74, 6) is 0.627. The van der Waals surface area contributed by atoms with Crippen LogP contribution in [0.1, 0.15) is 11.4 Å². The highest BCUT2D eigenvalue weighted by molar-refractivity contribution is 5.16. The first-order chi connectivity index (χ1) is 6.25. The van der Waals surface area contributed by atoms with Crippen molar-refractivity contribution < 1.29 is 0 Å². The molecule has 0 amide bonds. The molecule has 0 aromatic carbocycles. The van der Waals surface area contributed by atoms with Crippen LogP contribution in [0.4, 0.5) is 0 Å². The molecule has 0 spiro atoms. The molecule has 2 rings (SSSR count). The Bertz CT molecular complexity index is 385. The summed E-state index contributed by atoms with van der Waals surface area (Å²) in [4.78, 5) is 8.53. The molecule has 0 aliphatic heterocycles. The third-order valence-corrected chi connectivity index (χ3v) is 1.68. The zero-order valence-corrected chi connectivity index (χ0v) is 7.60. The Kier molecular flexibility index (Phi) is 1.81. The molecule has 4 heteroatoms. The SMILES string of the molecule is Cc1cc(C)nc(-n2cccn2)n1. The molecule has 2 aromatic rings. The molecule has 0 unspecified atom stereocenters. The van der Waals surface area contributed by atoms with Crippen LogP contribution in [0.2, 0.25) is 0 Å². The zero-order chi connectivity index (χ0) is 9.26. The minimum absolute atomic E-state index is 0.627. The van der Waals surface area contributed by atoms with Crippen LogP contribution in [0.25, 0.3) is 5.95 Å². The van der Waals surface area contributed by atoms with Gasteiger partial charge in [-0.2, -0.15) is 5.10 Å². The molecule has 0 aliphatic rings. The molecule has 0 N–H and O–H groups in total. The standard InChI is InChI=1S/C9H10N4/c1-7-6-8(2)12-9(11-7)13-5-3-4-10-13/h3-6H,1-2H3. The van der Waals surface area contributed by atoms with Crippen molar-refractivity contribution in [2.24, 2.45) is 0 Å². The molecule has 0 aliphatic carbocycles. The first kappa shape index (κ1) is 7.91. The maximum Gasteiger partial charge on any atom is 0.250 e. The first-order valence-corrected chi connectivity index (χ1v) is 4.08. The Hall–Kier alpha value is -1.71. The maximum absolute atomic E-state index is 4.27. The average molecular weight is 174 g/mol. The lowest BCUT2D eigenvalue weighted by atomic mass is 10.4. The van der Waals surface area contributed by atoms with E-state index < -0.39 is 0 Å². The normalized spacial score (nSPS) is 10.3. The van der Waals surface area contributed by atoms with E-state index in [-0.39, 0.29) is 0 Å². The van der Waals surface area contributed by atoms with Crippen LogP contribution in [0, 0.1) is 13.8 Å². The Balaban J connectivity index is 2.53. The van der Waals surface area contributed by atoms with Crippen LogP contribution in [-0.4, -0.2) is 19.7 Å². The predicted molar refractivity (Wildman–Crippen MR) is 48.6 cm³/mol. The van der Waals surface area contributed by atoms with Crippen molar-refractivity contribution in [1.29, 1.82) is 0 Å². The summed E-state index contributed by atoms with van der Waals surface area (Å²) in [5, 5.41) is 4.06. The van der Waals surface area contributed by atoms with E-state index >= 15 is 0 Å². The second kappa shape index (κ2) is 2.97. The van der Waals surface area contributed by atoms with Gasteiger partial charge in [-0.3, -0.25) is 0 Å². The third kappa shape index (κ3) is 1.56. The van der Waals surface area contributed by atoms with Gasteiger partial charge < -0.3 is 0 Å². The topological polar surface area (TPSA) is 43.6 Å². The molecule has 2 heterocycles. The average Bonchev–Trinajstić information content (AvgIpc) is 2.53. The van der Waals surface area contributed by atoms with Crippen LogP contribution in [0.15, 0.2) is 24.5 Å². The fraction of sp³-hybridized carbons (Fsp3) is 0.222. The lowest BCUT2D eigenvalue weighted by molar-refractivity contribution is 0.794. The minimum Gasteiger partial charge on any atom is -0.216 e. The van der Waals surface area contributed by atoms with Gasteiger partial charge >= 0.3 is 0 Å². The summed E-state index contributed by atoms with van der Waals surface area (Å²) < 4.78 is 1.65. The number of hydrogen-bond acceptors (Lipinski definition) is 3. The number of rotatable bonds is 1. The third-order valence-electron chi connectivity index (χ3n) is 1.68. The van der Waals surface area contributed by atoms with Gasteiger partial charge in [0.15, 0.2) is 0 Å². The van der Waals surface area contributed by atoms with Gasteiger partial charge in [-0.25, -0.2) is 14.6 Å². The number of aromatic nitrogens is 4. The quantitative estimate of drug-likeness (QED) is 0.654. The molecular weight excluding hydrogens is 164 g/mol. The molecule has 0 saturated carbocycles. The molecule has 0 radical (unpaired) electrons. The molecule has 0 bridgehead atoms. The van der Waals surface area contributed by atoms with E-state index in [1.54, 1.807) is 10.9 Å². The largest absolute Gasteiger partial charge is 0.250 e.